The van der Waals surface area contributed by atoms with Crippen molar-refractivity contribution in [2.75, 3.05) is 0 Å². The lowest BCUT2D eigenvalue weighted by Crippen LogP contribution is -2.24. The molecule has 3 nitrogen and oxygen atoms in total. The van der Waals surface area contributed by atoms with Gasteiger partial charge in [-0.3, -0.25) is 4.79 Å². The number of ether oxygens (including phenoxy) is 1. The van der Waals surface area contributed by atoms with Crippen LogP contribution in [0.15, 0.2) is 54.6 Å². The molecule has 0 unspecified atom stereocenters. The third-order valence-electron chi connectivity index (χ3n) is 3.41. The van der Waals surface area contributed by atoms with Gasteiger partial charge in [-0.05, 0) is 48.7 Å². The predicted octanol–water partition coefficient (Wildman–Crippen LogP) is 4.98. The number of halogens is 1. The van der Waals surface area contributed by atoms with Crippen LogP contribution in [-0.4, -0.2) is 17.9 Å². The molecule has 2 aromatic carbocycles. The Hall–Kier alpha value is -2.17. The first-order valence-electron chi connectivity index (χ1n) is 7.04. The summed E-state index contributed by atoms with van der Waals surface area (Å²) >= 11 is 7.16. The van der Waals surface area contributed by atoms with Crippen molar-refractivity contribution < 1.29 is 14.3 Å². The number of ketones is 1. The minimum Gasteiger partial charge on any atom is -0.450 e. The van der Waals surface area contributed by atoms with Crippen LogP contribution >= 0.6 is 22.9 Å². The summed E-state index contributed by atoms with van der Waals surface area (Å²) in [4.78, 5) is 25.0. The fraction of sp³-hybridized carbons (Fsp3) is 0.111. The van der Waals surface area contributed by atoms with Crippen molar-refractivity contribution in [3.63, 3.8) is 0 Å². The van der Waals surface area contributed by atoms with E-state index in [9.17, 15) is 9.59 Å². The number of thiophene rings is 1. The monoisotopic (exact) mass is 344 g/mol. The van der Waals surface area contributed by atoms with Crippen LogP contribution in [0.3, 0.4) is 0 Å². The Labute approximate surface area is 142 Å². The van der Waals surface area contributed by atoms with E-state index in [4.69, 9.17) is 16.3 Å². The fourth-order valence-electron chi connectivity index (χ4n) is 2.20. The van der Waals surface area contributed by atoms with Crippen LogP contribution < -0.4 is 0 Å². The van der Waals surface area contributed by atoms with Gasteiger partial charge in [0.1, 0.15) is 4.88 Å². The lowest BCUT2D eigenvalue weighted by atomic mass is 10.1. The molecular formula is C18H13ClO3S. The molecule has 1 heterocycles. The number of Topliss-reactive ketones (excluding diaryl/α,β-unsaturated/α-hetero) is 1. The van der Waals surface area contributed by atoms with Gasteiger partial charge in [0, 0.05) is 15.3 Å². The molecule has 3 aromatic rings. The molecule has 0 N–H and O–H groups in total. The van der Waals surface area contributed by atoms with Crippen LogP contribution in [0.4, 0.5) is 0 Å². The molecule has 0 aliphatic rings. The zero-order valence-electron chi connectivity index (χ0n) is 12.3. The van der Waals surface area contributed by atoms with Gasteiger partial charge in [0.25, 0.3) is 0 Å². The lowest BCUT2D eigenvalue weighted by molar-refractivity contribution is 0.0323. The molecule has 0 radical (unpaired) electrons. The highest BCUT2D eigenvalue weighted by atomic mass is 35.5. The summed E-state index contributed by atoms with van der Waals surface area (Å²) < 4.78 is 6.31. The van der Waals surface area contributed by atoms with Crippen molar-refractivity contribution in [2.45, 2.75) is 13.0 Å². The van der Waals surface area contributed by atoms with E-state index in [1.165, 1.54) is 11.3 Å². The summed E-state index contributed by atoms with van der Waals surface area (Å²) in [7, 11) is 0. The summed E-state index contributed by atoms with van der Waals surface area (Å²) in [6.07, 6.45) is -0.853. The van der Waals surface area contributed by atoms with Crippen molar-refractivity contribution in [1.82, 2.24) is 0 Å². The van der Waals surface area contributed by atoms with Crippen molar-refractivity contribution >= 4 is 44.8 Å². The summed E-state index contributed by atoms with van der Waals surface area (Å²) in [5, 5.41) is 1.54. The molecule has 1 atom stereocenters. The minimum absolute atomic E-state index is 0.254. The van der Waals surface area contributed by atoms with E-state index in [0.29, 0.717) is 15.5 Å². The third-order valence-corrected chi connectivity index (χ3v) is 4.76. The zero-order valence-corrected chi connectivity index (χ0v) is 13.9. The third kappa shape index (κ3) is 3.44. The maximum atomic E-state index is 12.3. The van der Waals surface area contributed by atoms with Gasteiger partial charge in [0.05, 0.1) is 0 Å². The predicted molar refractivity (Wildman–Crippen MR) is 92.5 cm³/mol. The molecule has 0 aliphatic heterocycles. The first-order valence-corrected chi connectivity index (χ1v) is 8.23. The van der Waals surface area contributed by atoms with E-state index in [2.05, 4.69) is 0 Å². The van der Waals surface area contributed by atoms with Crippen molar-refractivity contribution in [3.8, 4) is 0 Å². The maximum absolute atomic E-state index is 12.3. The summed E-state index contributed by atoms with van der Waals surface area (Å²) in [6.45, 7) is 1.57. The normalized spacial score (nSPS) is 12.1. The second-order valence-corrected chi connectivity index (χ2v) is 6.59. The molecule has 23 heavy (non-hydrogen) atoms. The van der Waals surface area contributed by atoms with Gasteiger partial charge in [-0.25, -0.2) is 4.79 Å². The largest absolute Gasteiger partial charge is 0.450 e. The number of hydrogen-bond donors (Lipinski definition) is 0. The van der Waals surface area contributed by atoms with Crippen molar-refractivity contribution in [1.29, 1.82) is 0 Å². The molecular weight excluding hydrogens is 332 g/mol. The average molecular weight is 345 g/mol. The Bertz CT molecular complexity index is 834. The lowest BCUT2D eigenvalue weighted by Gasteiger charge is -2.11. The Morgan fingerprint density at radius 1 is 1.09 bits per heavy atom. The number of carbonyl (C=O) groups excluding carboxylic acids is 2. The van der Waals surface area contributed by atoms with Gasteiger partial charge in [0.2, 0.25) is 5.78 Å². The number of carbonyl (C=O) groups is 2. The van der Waals surface area contributed by atoms with E-state index < -0.39 is 12.1 Å². The van der Waals surface area contributed by atoms with E-state index in [1.54, 1.807) is 37.3 Å². The first kappa shape index (κ1) is 15.7. The Kier molecular flexibility index (Phi) is 4.46. The van der Waals surface area contributed by atoms with E-state index in [0.717, 1.165) is 10.1 Å². The highest BCUT2D eigenvalue weighted by molar-refractivity contribution is 7.20. The molecule has 5 heteroatoms. The first-order chi connectivity index (χ1) is 11.0. The molecule has 0 bridgehead atoms. The SMILES string of the molecule is C[C@H](OC(=O)c1cc2ccccc2s1)C(=O)c1ccc(Cl)cc1. The molecule has 0 spiro atoms. The molecule has 116 valence electrons. The Morgan fingerprint density at radius 3 is 2.48 bits per heavy atom. The Balaban J connectivity index is 1.73. The van der Waals surface area contributed by atoms with Crippen LogP contribution in [0, 0.1) is 0 Å². The number of benzene rings is 2. The molecule has 0 saturated carbocycles. The molecule has 0 fully saturated rings. The van der Waals surface area contributed by atoms with Crippen LogP contribution in [-0.2, 0) is 4.74 Å². The standard InChI is InChI=1S/C18H13ClO3S/c1-11(17(20)12-6-8-14(19)9-7-12)22-18(21)16-10-13-4-2-3-5-15(13)23-16/h2-11H,1H3/t11-/m0/s1. The van der Waals surface area contributed by atoms with Gasteiger partial charge in [0.15, 0.2) is 6.10 Å². The summed E-state index contributed by atoms with van der Waals surface area (Å²) in [6, 6.07) is 16.0. The van der Waals surface area contributed by atoms with Gasteiger partial charge in [-0.15, -0.1) is 11.3 Å². The van der Waals surface area contributed by atoms with Crippen LogP contribution in [0.25, 0.3) is 10.1 Å². The zero-order chi connectivity index (χ0) is 16.4. The fourth-order valence-corrected chi connectivity index (χ4v) is 3.28. The van der Waals surface area contributed by atoms with Gasteiger partial charge < -0.3 is 4.74 Å². The van der Waals surface area contributed by atoms with Crippen molar-refractivity contribution in [3.05, 3.63) is 70.1 Å². The molecule has 1 aromatic heterocycles. The second kappa shape index (κ2) is 6.52. The van der Waals surface area contributed by atoms with Gasteiger partial charge >= 0.3 is 5.97 Å². The molecule has 0 aliphatic carbocycles. The summed E-state index contributed by atoms with van der Waals surface area (Å²) in [5.41, 5.74) is 0.464. The Morgan fingerprint density at radius 2 is 1.78 bits per heavy atom. The second-order valence-electron chi connectivity index (χ2n) is 5.07. The highest BCUT2D eigenvalue weighted by Gasteiger charge is 2.21. The van der Waals surface area contributed by atoms with E-state index in [1.807, 2.05) is 24.3 Å². The van der Waals surface area contributed by atoms with Gasteiger partial charge in [-0.2, -0.15) is 0 Å². The van der Waals surface area contributed by atoms with Gasteiger partial charge in [-0.1, -0.05) is 29.8 Å². The number of esters is 1. The quantitative estimate of drug-likeness (QED) is 0.495. The number of fused-ring (bicyclic) bond motifs is 1. The molecule has 0 amide bonds. The van der Waals surface area contributed by atoms with Crippen molar-refractivity contribution in [2.24, 2.45) is 0 Å². The van der Waals surface area contributed by atoms with Crippen LogP contribution in [0.5, 0.6) is 0 Å². The van der Waals surface area contributed by atoms with Crippen LogP contribution in [0.1, 0.15) is 27.0 Å². The number of hydrogen-bond acceptors (Lipinski definition) is 4. The van der Waals surface area contributed by atoms with E-state index >= 15 is 0 Å². The topological polar surface area (TPSA) is 43.4 Å². The maximum Gasteiger partial charge on any atom is 0.349 e. The molecule has 3 rings (SSSR count). The average Bonchev–Trinajstić information content (AvgIpc) is 2.99. The number of rotatable bonds is 4. The highest BCUT2D eigenvalue weighted by Crippen LogP contribution is 2.26. The van der Waals surface area contributed by atoms with E-state index in [-0.39, 0.29) is 5.78 Å². The molecule has 0 saturated heterocycles. The summed E-state index contributed by atoms with van der Waals surface area (Å²) in [5.74, 6) is -0.739. The van der Waals surface area contributed by atoms with Crippen LogP contribution in [0.2, 0.25) is 5.02 Å². The smallest absolute Gasteiger partial charge is 0.349 e. The minimum atomic E-state index is -0.853.